The molecule has 4 aromatic rings. The molecular weight excluding hydrogens is 366 g/mol. The lowest BCUT2D eigenvalue weighted by Crippen LogP contribution is -2.15. The van der Waals surface area contributed by atoms with Gasteiger partial charge in [-0.1, -0.05) is 48.0 Å². The van der Waals surface area contributed by atoms with E-state index < -0.39 is 0 Å². The summed E-state index contributed by atoms with van der Waals surface area (Å²) in [5.74, 6) is -0.154. The van der Waals surface area contributed by atoms with Crippen molar-refractivity contribution in [3.63, 3.8) is 0 Å². The predicted molar refractivity (Wildman–Crippen MR) is 116 cm³/mol. The maximum absolute atomic E-state index is 13.2. The van der Waals surface area contributed by atoms with Crippen LogP contribution in [0.4, 0.5) is 5.13 Å². The molecule has 0 aliphatic rings. The van der Waals surface area contributed by atoms with E-state index in [2.05, 4.69) is 41.5 Å². The first-order valence-electron chi connectivity index (χ1n) is 9.16. The lowest BCUT2D eigenvalue weighted by atomic mass is 9.97. The highest BCUT2D eigenvalue weighted by atomic mass is 32.1. The van der Waals surface area contributed by atoms with Crippen LogP contribution in [-0.2, 0) is 0 Å². The monoisotopic (exact) mass is 387 g/mol. The van der Waals surface area contributed by atoms with Crippen molar-refractivity contribution in [3.05, 3.63) is 75.8 Å². The minimum Gasteiger partial charge on any atom is -0.298 e. The molecular formula is C23H21N3OS. The van der Waals surface area contributed by atoms with Crippen LogP contribution < -0.4 is 5.32 Å². The molecule has 0 bridgehead atoms. The SMILES string of the molecule is Cc1ccc(-c2nc3ccccc3c(C(=O)Nc3nc(C)c(C)s3)c2C)cc1. The Morgan fingerprint density at radius 1 is 0.929 bits per heavy atom. The van der Waals surface area contributed by atoms with Gasteiger partial charge in [0.25, 0.3) is 5.91 Å². The molecule has 0 aliphatic carbocycles. The van der Waals surface area contributed by atoms with Gasteiger partial charge in [0.05, 0.1) is 22.5 Å². The van der Waals surface area contributed by atoms with Gasteiger partial charge in [0.1, 0.15) is 0 Å². The van der Waals surface area contributed by atoms with Gasteiger partial charge in [0.15, 0.2) is 5.13 Å². The average molecular weight is 388 g/mol. The molecule has 4 rings (SSSR count). The van der Waals surface area contributed by atoms with E-state index in [0.717, 1.165) is 38.3 Å². The fourth-order valence-electron chi connectivity index (χ4n) is 3.28. The van der Waals surface area contributed by atoms with Gasteiger partial charge < -0.3 is 0 Å². The summed E-state index contributed by atoms with van der Waals surface area (Å²) in [5, 5.41) is 4.45. The quantitative estimate of drug-likeness (QED) is 0.480. The fraction of sp³-hybridized carbons (Fsp3) is 0.174. The number of carbonyl (C=O) groups is 1. The zero-order chi connectivity index (χ0) is 19.8. The highest BCUT2D eigenvalue weighted by Gasteiger charge is 2.20. The van der Waals surface area contributed by atoms with E-state index in [1.807, 2.05) is 45.0 Å². The number of carbonyl (C=O) groups excluding carboxylic acids is 1. The Bertz CT molecular complexity index is 1170. The number of aryl methyl sites for hydroxylation is 3. The van der Waals surface area contributed by atoms with Crippen LogP contribution >= 0.6 is 11.3 Å². The van der Waals surface area contributed by atoms with Crippen molar-refractivity contribution in [2.24, 2.45) is 0 Å². The zero-order valence-corrected chi connectivity index (χ0v) is 17.1. The molecule has 2 aromatic carbocycles. The van der Waals surface area contributed by atoms with E-state index in [1.165, 1.54) is 16.9 Å². The van der Waals surface area contributed by atoms with Gasteiger partial charge in [0.2, 0.25) is 0 Å². The van der Waals surface area contributed by atoms with Gasteiger partial charge in [0, 0.05) is 15.8 Å². The largest absolute Gasteiger partial charge is 0.298 e. The second kappa shape index (κ2) is 7.17. The van der Waals surface area contributed by atoms with Crippen LogP contribution in [0.2, 0.25) is 0 Å². The maximum Gasteiger partial charge on any atom is 0.258 e. The lowest BCUT2D eigenvalue weighted by Gasteiger charge is -2.14. The Morgan fingerprint density at radius 3 is 2.32 bits per heavy atom. The topological polar surface area (TPSA) is 54.9 Å². The number of hydrogen-bond acceptors (Lipinski definition) is 4. The van der Waals surface area contributed by atoms with Crippen LogP contribution in [0.3, 0.4) is 0 Å². The van der Waals surface area contributed by atoms with Crippen molar-refractivity contribution in [2.45, 2.75) is 27.7 Å². The first kappa shape index (κ1) is 18.3. The minimum atomic E-state index is -0.154. The number of anilines is 1. The van der Waals surface area contributed by atoms with E-state index in [1.54, 1.807) is 0 Å². The summed E-state index contributed by atoms with van der Waals surface area (Å²) in [6, 6.07) is 16.0. The van der Waals surface area contributed by atoms with Crippen LogP contribution in [0.25, 0.3) is 22.2 Å². The smallest absolute Gasteiger partial charge is 0.258 e. The third-order valence-electron chi connectivity index (χ3n) is 4.94. The van der Waals surface area contributed by atoms with Gasteiger partial charge in [-0.05, 0) is 39.3 Å². The highest BCUT2D eigenvalue weighted by molar-refractivity contribution is 7.15. The average Bonchev–Trinajstić information content (AvgIpc) is 2.99. The Kier molecular flexibility index (Phi) is 4.69. The zero-order valence-electron chi connectivity index (χ0n) is 16.3. The molecule has 4 nitrogen and oxygen atoms in total. The number of nitrogens with zero attached hydrogens (tertiary/aromatic N) is 2. The molecule has 28 heavy (non-hydrogen) atoms. The Morgan fingerprint density at radius 2 is 1.64 bits per heavy atom. The molecule has 140 valence electrons. The molecule has 0 saturated heterocycles. The van der Waals surface area contributed by atoms with Gasteiger partial charge in [-0.2, -0.15) is 0 Å². The van der Waals surface area contributed by atoms with Crippen LogP contribution in [0, 0.1) is 27.7 Å². The predicted octanol–water partition coefficient (Wildman–Crippen LogP) is 5.84. The van der Waals surface area contributed by atoms with E-state index in [4.69, 9.17) is 4.98 Å². The molecule has 1 amide bonds. The van der Waals surface area contributed by atoms with E-state index in [0.29, 0.717) is 10.7 Å². The summed E-state index contributed by atoms with van der Waals surface area (Å²) < 4.78 is 0. The Balaban J connectivity index is 1.87. The molecule has 0 spiro atoms. The van der Waals surface area contributed by atoms with Gasteiger partial charge in [-0.25, -0.2) is 9.97 Å². The maximum atomic E-state index is 13.2. The van der Waals surface area contributed by atoms with Crippen LogP contribution in [0.15, 0.2) is 48.5 Å². The molecule has 0 unspecified atom stereocenters. The third kappa shape index (κ3) is 3.29. The summed E-state index contributed by atoms with van der Waals surface area (Å²) >= 11 is 1.49. The molecule has 2 heterocycles. The number of hydrogen-bond donors (Lipinski definition) is 1. The highest BCUT2D eigenvalue weighted by Crippen LogP contribution is 2.31. The van der Waals surface area contributed by atoms with Crippen LogP contribution in [-0.4, -0.2) is 15.9 Å². The minimum absolute atomic E-state index is 0.154. The molecule has 2 aromatic heterocycles. The summed E-state index contributed by atoms with van der Waals surface area (Å²) in [4.78, 5) is 23.6. The number of para-hydroxylation sites is 1. The lowest BCUT2D eigenvalue weighted by molar-refractivity contribution is 0.102. The van der Waals surface area contributed by atoms with Crippen LogP contribution in [0.1, 0.15) is 32.1 Å². The molecule has 0 saturated carbocycles. The van der Waals surface area contributed by atoms with Crippen molar-refractivity contribution >= 4 is 33.3 Å². The number of pyridine rings is 1. The fourth-order valence-corrected chi connectivity index (χ4v) is 4.09. The molecule has 5 heteroatoms. The summed E-state index contributed by atoms with van der Waals surface area (Å²) in [6.45, 7) is 7.97. The summed E-state index contributed by atoms with van der Waals surface area (Å²) in [5.41, 5.74) is 6.28. The number of amides is 1. The second-order valence-corrected chi connectivity index (χ2v) is 8.16. The molecule has 0 fully saturated rings. The Labute approximate surface area is 168 Å². The standard InChI is InChI=1S/C23H21N3OS/c1-13-9-11-17(12-10-13)21-14(2)20(18-7-5-6-8-19(18)25-21)22(27)26-23-24-15(3)16(4)28-23/h5-12H,1-4H3,(H,24,26,27). The number of nitrogens with one attached hydrogen (secondary N) is 1. The normalized spacial score (nSPS) is 11.0. The summed E-state index contributed by atoms with van der Waals surface area (Å²) in [6.07, 6.45) is 0. The van der Waals surface area contributed by atoms with Crippen molar-refractivity contribution in [3.8, 4) is 11.3 Å². The second-order valence-electron chi connectivity index (χ2n) is 6.96. The first-order chi connectivity index (χ1) is 13.4. The summed E-state index contributed by atoms with van der Waals surface area (Å²) in [7, 11) is 0. The third-order valence-corrected chi connectivity index (χ3v) is 5.93. The number of thiazole rings is 1. The van der Waals surface area contributed by atoms with Gasteiger partial charge >= 0.3 is 0 Å². The van der Waals surface area contributed by atoms with Crippen molar-refractivity contribution < 1.29 is 4.79 Å². The number of aromatic nitrogens is 2. The van der Waals surface area contributed by atoms with Gasteiger partial charge in [-0.3, -0.25) is 10.1 Å². The molecule has 1 N–H and O–H groups in total. The van der Waals surface area contributed by atoms with Crippen molar-refractivity contribution in [1.29, 1.82) is 0 Å². The number of benzene rings is 2. The molecule has 0 atom stereocenters. The first-order valence-corrected chi connectivity index (χ1v) is 9.97. The van der Waals surface area contributed by atoms with Gasteiger partial charge in [-0.15, -0.1) is 11.3 Å². The van der Waals surface area contributed by atoms with Crippen molar-refractivity contribution in [1.82, 2.24) is 9.97 Å². The van der Waals surface area contributed by atoms with E-state index >= 15 is 0 Å². The molecule has 0 radical (unpaired) electrons. The number of rotatable bonds is 3. The van der Waals surface area contributed by atoms with Crippen LogP contribution in [0.5, 0.6) is 0 Å². The van der Waals surface area contributed by atoms with E-state index in [9.17, 15) is 4.79 Å². The number of fused-ring (bicyclic) bond motifs is 1. The van der Waals surface area contributed by atoms with E-state index in [-0.39, 0.29) is 5.91 Å². The molecule has 0 aliphatic heterocycles. The Hall–Kier alpha value is -3.05. The van der Waals surface area contributed by atoms with Crippen molar-refractivity contribution in [2.75, 3.05) is 5.32 Å².